The molecule has 1 aliphatic carbocycles. The zero-order chi connectivity index (χ0) is 13.9. The van der Waals surface area contributed by atoms with Crippen LogP contribution in [-0.2, 0) is 0 Å². The molecule has 3 rings (SSSR count). The first-order valence-electron chi connectivity index (χ1n) is 7.77. The average Bonchev–Trinajstić information content (AvgIpc) is 2.83. The monoisotopic (exact) mass is 272 g/mol. The van der Waals surface area contributed by atoms with Crippen LogP contribution >= 0.6 is 0 Å². The van der Waals surface area contributed by atoms with Crippen LogP contribution < -0.4 is 5.32 Å². The molecule has 1 saturated carbocycles. The first kappa shape index (κ1) is 13.4. The minimum absolute atomic E-state index is 0.750. The highest BCUT2D eigenvalue weighted by atomic mass is 15.3. The van der Waals surface area contributed by atoms with Gasteiger partial charge in [-0.1, -0.05) is 32.6 Å². The molecule has 0 aliphatic heterocycles. The van der Waals surface area contributed by atoms with Crippen molar-refractivity contribution in [2.45, 2.75) is 46.0 Å². The second-order valence-corrected chi connectivity index (χ2v) is 6.28. The summed E-state index contributed by atoms with van der Waals surface area (Å²) in [5.74, 6) is 2.57. The van der Waals surface area contributed by atoms with E-state index in [2.05, 4.69) is 41.4 Å². The molecule has 4 heteroatoms. The maximum atomic E-state index is 4.51. The molecule has 0 amide bonds. The molecule has 0 radical (unpaired) electrons. The lowest BCUT2D eigenvalue weighted by molar-refractivity contribution is 0.282. The van der Waals surface area contributed by atoms with E-state index in [1.807, 2.05) is 10.7 Å². The van der Waals surface area contributed by atoms with Crippen molar-refractivity contribution in [1.29, 1.82) is 0 Å². The molecule has 0 bridgehead atoms. The predicted molar refractivity (Wildman–Crippen MR) is 82.0 cm³/mol. The van der Waals surface area contributed by atoms with E-state index in [9.17, 15) is 0 Å². The van der Waals surface area contributed by atoms with Crippen LogP contribution in [-0.4, -0.2) is 21.1 Å². The van der Waals surface area contributed by atoms with Gasteiger partial charge in [-0.05, 0) is 42.9 Å². The Morgan fingerprint density at radius 1 is 1.30 bits per heavy atom. The van der Waals surface area contributed by atoms with Crippen molar-refractivity contribution in [2.24, 2.45) is 11.8 Å². The maximum absolute atomic E-state index is 4.51. The Bertz CT molecular complexity index is 567. The quantitative estimate of drug-likeness (QED) is 0.923. The molecular formula is C16H24N4. The molecule has 1 aliphatic rings. The zero-order valence-corrected chi connectivity index (χ0v) is 12.5. The van der Waals surface area contributed by atoms with Crippen LogP contribution in [0.25, 0.3) is 5.65 Å². The molecule has 2 aromatic heterocycles. The second kappa shape index (κ2) is 5.81. The fourth-order valence-electron chi connectivity index (χ4n) is 3.06. The number of nitrogens with zero attached hydrogens (tertiary/aromatic N) is 3. The summed E-state index contributed by atoms with van der Waals surface area (Å²) in [6.45, 7) is 5.43. The third-order valence-electron chi connectivity index (χ3n) is 4.46. The van der Waals surface area contributed by atoms with Crippen molar-refractivity contribution >= 4 is 11.6 Å². The van der Waals surface area contributed by atoms with Gasteiger partial charge in [0.2, 0.25) is 5.95 Å². The SMILES string of the molecule is Cc1ccn2nc(NCCC3CCC(C)CC3)nc2c1. The lowest BCUT2D eigenvalue weighted by atomic mass is 9.81. The van der Waals surface area contributed by atoms with Gasteiger partial charge in [-0.25, -0.2) is 4.52 Å². The molecule has 2 aromatic rings. The van der Waals surface area contributed by atoms with E-state index >= 15 is 0 Å². The largest absolute Gasteiger partial charge is 0.353 e. The fourth-order valence-corrected chi connectivity index (χ4v) is 3.06. The molecule has 0 unspecified atom stereocenters. The molecule has 108 valence electrons. The van der Waals surface area contributed by atoms with E-state index in [1.165, 1.54) is 37.7 Å². The summed E-state index contributed by atoms with van der Waals surface area (Å²) >= 11 is 0. The Morgan fingerprint density at radius 2 is 2.10 bits per heavy atom. The van der Waals surface area contributed by atoms with Crippen molar-refractivity contribution in [3.05, 3.63) is 23.9 Å². The van der Waals surface area contributed by atoms with E-state index in [1.54, 1.807) is 0 Å². The Labute approximate surface area is 120 Å². The van der Waals surface area contributed by atoms with Crippen molar-refractivity contribution in [3.63, 3.8) is 0 Å². The lowest BCUT2D eigenvalue weighted by Gasteiger charge is -2.25. The predicted octanol–water partition coefficient (Wildman–Crippen LogP) is 3.67. The van der Waals surface area contributed by atoms with Gasteiger partial charge in [-0.2, -0.15) is 4.98 Å². The molecule has 20 heavy (non-hydrogen) atoms. The molecule has 0 spiro atoms. The maximum Gasteiger partial charge on any atom is 0.243 e. The van der Waals surface area contributed by atoms with Gasteiger partial charge >= 0.3 is 0 Å². The minimum atomic E-state index is 0.750. The van der Waals surface area contributed by atoms with Crippen LogP contribution in [0.2, 0.25) is 0 Å². The standard InChI is InChI=1S/C16H24N4/c1-12-3-5-14(6-4-12)7-9-17-16-18-15-11-13(2)8-10-20(15)19-16/h8,10-12,14H,3-7,9H2,1-2H3,(H,17,19). The van der Waals surface area contributed by atoms with E-state index in [4.69, 9.17) is 0 Å². The number of anilines is 1. The molecule has 0 aromatic carbocycles. The van der Waals surface area contributed by atoms with Crippen LogP contribution in [0.5, 0.6) is 0 Å². The lowest BCUT2D eigenvalue weighted by Crippen LogP contribution is -2.16. The number of aryl methyl sites for hydroxylation is 1. The number of pyridine rings is 1. The fraction of sp³-hybridized carbons (Fsp3) is 0.625. The first-order chi connectivity index (χ1) is 9.70. The molecule has 0 saturated heterocycles. The smallest absolute Gasteiger partial charge is 0.243 e. The number of nitrogens with one attached hydrogen (secondary N) is 1. The van der Waals surface area contributed by atoms with Crippen LogP contribution in [0, 0.1) is 18.8 Å². The van der Waals surface area contributed by atoms with Gasteiger partial charge in [0, 0.05) is 12.7 Å². The van der Waals surface area contributed by atoms with Crippen LogP contribution in [0.1, 0.15) is 44.6 Å². The highest BCUT2D eigenvalue weighted by molar-refractivity contribution is 5.45. The van der Waals surface area contributed by atoms with Gasteiger partial charge in [0.15, 0.2) is 5.65 Å². The summed E-state index contributed by atoms with van der Waals surface area (Å²) in [5, 5.41) is 7.81. The normalized spacial score (nSPS) is 23.1. The first-order valence-corrected chi connectivity index (χ1v) is 7.77. The van der Waals surface area contributed by atoms with E-state index in [0.717, 1.165) is 30.0 Å². The molecule has 2 heterocycles. The number of aromatic nitrogens is 3. The van der Waals surface area contributed by atoms with Gasteiger partial charge in [-0.3, -0.25) is 0 Å². The van der Waals surface area contributed by atoms with Crippen LogP contribution in [0.4, 0.5) is 5.95 Å². The van der Waals surface area contributed by atoms with Crippen LogP contribution in [0.3, 0.4) is 0 Å². The molecule has 0 atom stereocenters. The number of rotatable bonds is 4. The van der Waals surface area contributed by atoms with Gasteiger partial charge in [0.25, 0.3) is 0 Å². The van der Waals surface area contributed by atoms with Gasteiger partial charge in [0.1, 0.15) is 0 Å². The molecule has 1 fully saturated rings. The van der Waals surface area contributed by atoms with E-state index < -0.39 is 0 Å². The molecule has 1 N–H and O–H groups in total. The van der Waals surface area contributed by atoms with Gasteiger partial charge in [0.05, 0.1) is 0 Å². The summed E-state index contributed by atoms with van der Waals surface area (Å²) in [6.07, 6.45) is 8.78. The second-order valence-electron chi connectivity index (χ2n) is 6.28. The number of hydrogen-bond acceptors (Lipinski definition) is 3. The zero-order valence-electron chi connectivity index (χ0n) is 12.5. The van der Waals surface area contributed by atoms with Crippen LogP contribution in [0.15, 0.2) is 18.3 Å². The summed E-state index contributed by atoms with van der Waals surface area (Å²) in [5.41, 5.74) is 2.13. The Balaban J connectivity index is 1.52. The Kier molecular flexibility index (Phi) is 3.90. The summed E-state index contributed by atoms with van der Waals surface area (Å²) in [6, 6.07) is 4.11. The van der Waals surface area contributed by atoms with Crippen molar-refractivity contribution < 1.29 is 0 Å². The third kappa shape index (κ3) is 3.11. The van der Waals surface area contributed by atoms with E-state index in [-0.39, 0.29) is 0 Å². The minimum Gasteiger partial charge on any atom is -0.353 e. The average molecular weight is 272 g/mol. The third-order valence-corrected chi connectivity index (χ3v) is 4.46. The Morgan fingerprint density at radius 3 is 2.90 bits per heavy atom. The highest BCUT2D eigenvalue weighted by Gasteiger charge is 2.17. The van der Waals surface area contributed by atoms with E-state index in [0.29, 0.717) is 0 Å². The van der Waals surface area contributed by atoms with Crippen molar-refractivity contribution in [3.8, 4) is 0 Å². The summed E-state index contributed by atoms with van der Waals surface area (Å²) < 4.78 is 1.83. The topological polar surface area (TPSA) is 42.2 Å². The van der Waals surface area contributed by atoms with Gasteiger partial charge < -0.3 is 5.32 Å². The summed E-state index contributed by atoms with van der Waals surface area (Å²) in [7, 11) is 0. The summed E-state index contributed by atoms with van der Waals surface area (Å²) in [4.78, 5) is 4.51. The molecule has 4 nitrogen and oxygen atoms in total. The van der Waals surface area contributed by atoms with Gasteiger partial charge in [-0.15, -0.1) is 5.10 Å². The number of hydrogen-bond donors (Lipinski definition) is 1. The van der Waals surface area contributed by atoms with Crippen molar-refractivity contribution in [1.82, 2.24) is 14.6 Å². The molecular weight excluding hydrogens is 248 g/mol. The number of fused-ring (bicyclic) bond motifs is 1. The van der Waals surface area contributed by atoms with Crippen molar-refractivity contribution in [2.75, 3.05) is 11.9 Å². The highest BCUT2D eigenvalue weighted by Crippen LogP contribution is 2.30. The Hall–Kier alpha value is -1.58.